The van der Waals surface area contributed by atoms with Gasteiger partial charge in [-0.15, -0.1) is 0 Å². The fourth-order valence-corrected chi connectivity index (χ4v) is 3.86. The van der Waals surface area contributed by atoms with E-state index in [0.717, 1.165) is 46.3 Å². The molecule has 12 nitrogen and oxygen atoms in total. The molecule has 1 saturated carbocycles. The van der Waals surface area contributed by atoms with Gasteiger partial charge >= 0.3 is 24.4 Å². The van der Waals surface area contributed by atoms with Crippen LogP contribution in [-0.2, 0) is 23.7 Å². The Kier molecular flexibility index (Phi) is 10.6. The van der Waals surface area contributed by atoms with Crippen LogP contribution in [0, 0.1) is 5.92 Å². The molecule has 3 N–H and O–H groups in total. The van der Waals surface area contributed by atoms with Crippen molar-refractivity contribution in [2.24, 2.45) is 11.7 Å². The van der Waals surface area contributed by atoms with Gasteiger partial charge in [-0.3, -0.25) is 4.79 Å². The highest BCUT2D eigenvalue weighted by Crippen LogP contribution is 2.36. The molecule has 12 heteroatoms. The van der Waals surface area contributed by atoms with Crippen LogP contribution in [0.15, 0.2) is 18.2 Å². The summed E-state index contributed by atoms with van der Waals surface area (Å²) in [6, 6.07) is 2.63. The summed E-state index contributed by atoms with van der Waals surface area (Å²) in [4.78, 5) is 47.1. The molecule has 0 bridgehead atoms. The van der Waals surface area contributed by atoms with Gasteiger partial charge in [-0.05, 0) is 49.3 Å². The zero-order valence-electron chi connectivity index (χ0n) is 19.9. The molecule has 35 heavy (non-hydrogen) atoms. The Labute approximate surface area is 202 Å². The van der Waals surface area contributed by atoms with Crippen molar-refractivity contribution < 1.29 is 52.7 Å². The zero-order chi connectivity index (χ0) is 26.0. The number of ether oxygens (including phenoxy) is 6. The average Bonchev–Trinajstić information content (AvgIpc) is 2.84. The van der Waals surface area contributed by atoms with Crippen LogP contribution in [0.2, 0.25) is 0 Å². The lowest BCUT2D eigenvalue weighted by Gasteiger charge is -2.28. The lowest BCUT2D eigenvalue weighted by atomic mass is 9.82. The van der Waals surface area contributed by atoms with Crippen LogP contribution in [0.25, 0.3) is 0 Å². The second-order valence-corrected chi connectivity index (χ2v) is 8.12. The topological polar surface area (TPSA) is 170 Å². The summed E-state index contributed by atoms with van der Waals surface area (Å²) in [6.45, 7) is 1.48. The molecule has 0 saturated heterocycles. The predicted molar refractivity (Wildman–Crippen MR) is 119 cm³/mol. The number of benzene rings is 1. The third kappa shape index (κ3) is 8.32. The summed E-state index contributed by atoms with van der Waals surface area (Å²) >= 11 is 0. The molecule has 1 aliphatic rings. The zero-order valence-corrected chi connectivity index (χ0v) is 19.9. The highest BCUT2D eigenvalue weighted by atomic mass is 16.7. The van der Waals surface area contributed by atoms with Gasteiger partial charge in [-0.25, -0.2) is 14.4 Å². The third-order valence-electron chi connectivity index (χ3n) is 5.64. The molecule has 0 spiro atoms. The van der Waals surface area contributed by atoms with Gasteiger partial charge in [0.05, 0.1) is 20.8 Å². The van der Waals surface area contributed by atoms with Crippen molar-refractivity contribution in [1.82, 2.24) is 0 Å². The molecule has 0 heterocycles. The molecule has 0 aromatic heterocycles. The maximum absolute atomic E-state index is 12.1. The van der Waals surface area contributed by atoms with Crippen molar-refractivity contribution >= 4 is 24.4 Å². The Balaban J connectivity index is 2.23. The van der Waals surface area contributed by atoms with Gasteiger partial charge in [0, 0.05) is 5.92 Å². The van der Waals surface area contributed by atoms with Crippen molar-refractivity contribution in [2.75, 3.05) is 20.8 Å². The van der Waals surface area contributed by atoms with Gasteiger partial charge in [0.15, 0.2) is 11.5 Å². The van der Waals surface area contributed by atoms with Crippen molar-refractivity contribution in [3.05, 3.63) is 23.8 Å². The number of aliphatic carboxylic acids is 1. The van der Waals surface area contributed by atoms with Gasteiger partial charge < -0.3 is 39.3 Å². The number of carbonyl (C=O) groups excluding carboxylic acids is 3. The standard InChI is InChI=1S/C23H31NO11/c1-13(12-32-23(29)33-15-7-5-4-6-8-15)18(19(24)20(25)26)14-9-10-16(34-21(27)30-2)17(11-14)35-22(28)31-3/h9-11,13,15,18-19H,4-8,12,24H2,1-3H3,(H,25,26)/t13?,18?,19-/m0/s1. The number of nitrogens with two attached hydrogens (primary N) is 1. The van der Waals surface area contributed by atoms with E-state index in [9.17, 15) is 24.3 Å². The number of carboxylic acid groups (broad SMARTS) is 1. The van der Waals surface area contributed by atoms with E-state index in [-0.39, 0.29) is 24.2 Å². The van der Waals surface area contributed by atoms with Crippen LogP contribution >= 0.6 is 0 Å². The molecule has 1 fully saturated rings. The monoisotopic (exact) mass is 497 g/mol. The summed E-state index contributed by atoms with van der Waals surface area (Å²) in [5.41, 5.74) is 6.28. The second-order valence-electron chi connectivity index (χ2n) is 8.12. The summed E-state index contributed by atoms with van der Waals surface area (Å²) < 4.78 is 29.5. The smallest absolute Gasteiger partial charge is 0.480 e. The maximum atomic E-state index is 12.1. The number of carbonyl (C=O) groups is 4. The van der Waals surface area contributed by atoms with E-state index in [1.165, 1.54) is 18.2 Å². The number of rotatable bonds is 9. The van der Waals surface area contributed by atoms with Crippen LogP contribution in [0.5, 0.6) is 11.5 Å². The molecule has 1 aromatic rings. The van der Waals surface area contributed by atoms with Crippen LogP contribution in [0.3, 0.4) is 0 Å². The van der Waals surface area contributed by atoms with Crippen molar-refractivity contribution in [3.8, 4) is 11.5 Å². The van der Waals surface area contributed by atoms with Crippen LogP contribution in [0.4, 0.5) is 14.4 Å². The van der Waals surface area contributed by atoms with Crippen LogP contribution in [-0.4, -0.2) is 62.5 Å². The van der Waals surface area contributed by atoms with E-state index >= 15 is 0 Å². The lowest BCUT2D eigenvalue weighted by molar-refractivity contribution is -0.139. The van der Waals surface area contributed by atoms with Crippen LogP contribution < -0.4 is 15.2 Å². The van der Waals surface area contributed by atoms with Crippen molar-refractivity contribution in [1.29, 1.82) is 0 Å². The average molecular weight is 497 g/mol. The fourth-order valence-electron chi connectivity index (χ4n) is 3.86. The first-order valence-corrected chi connectivity index (χ1v) is 11.1. The summed E-state index contributed by atoms with van der Waals surface area (Å²) in [5, 5.41) is 9.57. The largest absolute Gasteiger partial charge is 0.513 e. The highest BCUT2D eigenvalue weighted by Gasteiger charge is 2.33. The van der Waals surface area contributed by atoms with E-state index in [0.29, 0.717) is 5.56 Å². The summed E-state index contributed by atoms with van der Waals surface area (Å²) in [5.74, 6) is -3.17. The van der Waals surface area contributed by atoms with E-state index in [1.54, 1.807) is 6.92 Å². The molecule has 0 radical (unpaired) electrons. The second kappa shape index (κ2) is 13.4. The van der Waals surface area contributed by atoms with Gasteiger partial charge in [-0.2, -0.15) is 0 Å². The van der Waals surface area contributed by atoms with Crippen LogP contribution in [0.1, 0.15) is 50.5 Å². The molecule has 2 unspecified atom stereocenters. The Morgan fingerprint density at radius 2 is 1.57 bits per heavy atom. The number of carboxylic acids is 1. The predicted octanol–water partition coefficient (Wildman–Crippen LogP) is 3.59. The SMILES string of the molecule is COC(=O)Oc1ccc(C(C(C)COC(=O)OC2CCCCC2)[C@H](N)C(=O)O)cc1OC(=O)OC. The van der Waals surface area contributed by atoms with E-state index in [1.807, 2.05) is 0 Å². The van der Waals surface area contributed by atoms with Gasteiger partial charge in [0.1, 0.15) is 12.1 Å². The van der Waals surface area contributed by atoms with Crippen molar-refractivity contribution in [2.45, 2.75) is 57.1 Å². The normalized spacial score (nSPS) is 16.2. The first kappa shape index (κ1) is 27.7. The molecule has 2 rings (SSSR count). The molecule has 0 amide bonds. The minimum Gasteiger partial charge on any atom is -0.480 e. The molecular weight excluding hydrogens is 466 g/mol. The minimum absolute atomic E-state index is 0.173. The van der Waals surface area contributed by atoms with E-state index in [4.69, 9.17) is 24.7 Å². The van der Waals surface area contributed by atoms with E-state index in [2.05, 4.69) is 9.47 Å². The summed E-state index contributed by atoms with van der Waals surface area (Å²) in [7, 11) is 2.18. The van der Waals surface area contributed by atoms with E-state index < -0.39 is 42.3 Å². The van der Waals surface area contributed by atoms with Crippen molar-refractivity contribution in [3.63, 3.8) is 0 Å². The number of methoxy groups -OCH3 is 2. The molecule has 1 aromatic carbocycles. The Morgan fingerprint density at radius 3 is 2.14 bits per heavy atom. The first-order chi connectivity index (χ1) is 16.7. The Hall–Kier alpha value is -3.54. The molecular formula is C23H31NO11. The maximum Gasteiger partial charge on any atom is 0.513 e. The lowest BCUT2D eigenvalue weighted by Crippen LogP contribution is -2.40. The number of hydrogen-bond acceptors (Lipinski definition) is 11. The Morgan fingerprint density at radius 1 is 0.971 bits per heavy atom. The molecule has 194 valence electrons. The summed E-state index contributed by atoms with van der Waals surface area (Å²) in [6.07, 6.45) is 1.44. The fraction of sp³-hybridized carbons (Fsp3) is 0.565. The third-order valence-corrected chi connectivity index (χ3v) is 5.64. The Bertz CT molecular complexity index is 897. The molecule has 0 aliphatic heterocycles. The first-order valence-electron chi connectivity index (χ1n) is 11.1. The molecule has 3 atom stereocenters. The van der Waals surface area contributed by atoms with Gasteiger partial charge in [0.2, 0.25) is 0 Å². The highest BCUT2D eigenvalue weighted by molar-refractivity contribution is 5.75. The number of hydrogen-bond donors (Lipinski definition) is 2. The molecule has 1 aliphatic carbocycles. The van der Waals surface area contributed by atoms with Gasteiger partial charge in [0.25, 0.3) is 0 Å². The quantitative estimate of drug-likeness (QED) is 0.289. The van der Waals surface area contributed by atoms with Gasteiger partial charge in [-0.1, -0.05) is 19.4 Å². The minimum atomic E-state index is -1.40.